The third-order valence-corrected chi connectivity index (χ3v) is 3.55. The molecule has 18 heavy (non-hydrogen) atoms. The third kappa shape index (κ3) is 3.99. The minimum atomic E-state index is -0.0374. The Morgan fingerprint density at radius 3 is 2.94 bits per heavy atom. The molecular weight excluding hydrogens is 296 g/mol. The van der Waals surface area contributed by atoms with Crippen LogP contribution in [0, 0.1) is 5.92 Å². The molecule has 2 rings (SSSR count). The molecule has 0 aromatic heterocycles. The van der Waals surface area contributed by atoms with Gasteiger partial charge in [0.25, 0.3) is 0 Å². The highest BCUT2D eigenvalue weighted by Gasteiger charge is 2.20. The van der Waals surface area contributed by atoms with Crippen molar-refractivity contribution in [3.05, 3.63) is 22.7 Å². The normalized spacial score (nSPS) is 14.3. The van der Waals surface area contributed by atoms with E-state index in [-0.39, 0.29) is 5.91 Å². The van der Waals surface area contributed by atoms with Crippen LogP contribution in [-0.4, -0.2) is 26.1 Å². The number of benzene rings is 1. The first kappa shape index (κ1) is 13.4. The monoisotopic (exact) mass is 312 g/mol. The van der Waals surface area contributed by atoms with Gasteiger partial charge in [0.2, 0.25) is 5.91 Å². The van der Waals surface area contributed by atoms with E-state index < -0.39 is 0 Å². The fraction of sp³-hybridized carbons (Fsp3) is 0.462. The molecule has 4 nitrogen and oxygen atoms in total. The summed E-state index contributed by atoms with van der Waals surface area (Å²) in [6, 6.07) is 5.49. The summed E-state index contributed by atoms with van der Waals surface area (Å²) in [4.78, 5) is 11.7. The first-order valence-electron chi connectivity index (χ1n) is 6.03. The lowest BCUT2D eigenvalue weighted by molar-refractivity contribution is -0.115. The number of carbonyl (C=O) groups excluding carboxylic acids is 1. The molecule has 1 amide bonds. The predicted molar refractivity (Wildman–Crippen MR) is 74.9 cm³/mol. The Hall–Kier alpha value is -1.07. The van der Waals surface area contributed by atoms with Gasteiger partial charge in [-0.25, -0.2) is 0 Å². The highest BCUT2D eigenvalue weighted by atomic mass is 79.9. The van der Waals surface area contributed by atoms with Gasteiger partial charge >= 0.3 is 0 Å². The highest BCUT2D eigenvalue weighted by molar-refractivity contribution is 9.10. The molecule has 1 fully saturated rings. The van der Waals surface area contributed by atoms with Crippen molar-refractivity contribution in [3.8, 4) is 5.75 Å². The van der Waals surface area contributed by atoms with Gasteiger partial charge in [-0.2, -0.15) is 0 Å². The quantitative estimate of drug-likeness (QED) is 0.848. The van der Waals surface area contributed by atoms with Crippen LogP contribution in [0.3, 0.4) is 0 Å². The molecule has 0 spiro atoms. The van der Waals surface area contributed by atoms with Crippen molar-refractivity contribution in [2.75, 3.05) is 25.5 Å². The Morgan fingerprint density at radius 2 is 2.28 bits per heavy atom. The van der Waals surface area contributed by atoms with Crippen molar-refractivity contribution in [3.63, 3.8) is 0 Å². The van der Waals surface area contributed by atoms with Crippen LogP contribution in [0.25, 0.3) is 0 Å². The van der Waals surface area contributed by atoms with E-state index in [1.54, 1.807) is 13.2 Å². The highest BCUT2D eigenvalue weighted by Crippen LogP contribution is 2.28. The standard InChI is InChI=1S/C13H17BrN2O2/c1-18-10-4-5-11(14)12(6-10)16-13(17)8-15-7-9-2-3-9/h4-6,9,15H,2-3,7-8H2,1H3,(H,16,17). The number of nitrogens with one attached hydrogen (secondary N) is 2. The molecule has 0 aliphatic heterocycles. The van der Waals surface area contributed by atoms with Gasteiger partial charge in [0.1, 0.15) is 5.75 Å². The van der Waals surface area contributed by atoms with Crippen LogP contribution in [0.2, 0.25) is 0 Å². The first-order valence-corrected chi connectivity index (χ1v) is 6.82. The molecule has 1 aromatic rings. The maximum Gasteiger partial charge on any atom is 0.238 e. The minimum absolute atomic E-state index is 0.0374. The second-order valence-corrected chi connectivity index (χ2v) is 5.32. The molecular formula is C13H17BrN2O2. The van der Waals surface area contributed by atoms with Gasteiger partial charge in [-0.05, 0) is 53.4 Å². The van der Waals surface area contributed by atoms with Gasteiger partial charge in [-0.1, -0.05) is 0 Å². The fourth-order valence-corrected chi connectivity index (χ4v) is 1.98. The molecule has 1 aliphatic carbocycles. The van der Waals surface area contributed by atoms with Crippen molar-refractivity contribution >= 4 is 27.5 Å². The molecule has 0 bridgehead atoms. The fourth-order valence-electron chi connectivity index (χ4n) is 1.63. The van der Waals surface area contributed by atoms with Crippen LogP contribution in [0.4, 0.5) is 5.69 Å². The molecule has 0 heterocycles. The number of ether oxygens (including phenoxy) is 1. The van der Waals surface area contributed by atoms with Crippen molar-refractivity contribution in [2.24, 2.45) is 5.92 Å². The number of methoxy groups -OCH3 is 1. The molecule has 1 saturated carbocycles. The molecule has 1 aliphatic rings. The van der Waals surface area contributed by atoms with Crippen LogP contribution in [0.15, 0.2) is 22.7 Å². The number of anilines is 1. The lowest BCUT2D eigenvalue weighted by Gasteiger charge is -2.09. The number of hydrogen-bond donors (Lipinski definition) is 2. The van der Waals surface area contributed by atoms with Gasteiger partial charge in [-0.3, -0.25) is 4.79 Å². The van der Waals surface area contributed by atoms with Crippen LogP contribution in [0.1, 0.15) is 12.8 Å². The maximum atomic E-state index is 11.7. The van der Waals surface area contributed by atoms with E-state index in [0.717, 1.165) is 28.4 Å². The summed E-state index contributed by atoms with van der Waals surface area (Å²) in [6.07, 6.45) is 2.58. The zero-order valence-corrected chi connectivity index (χ0v) is 11.9. The Balaban J connectivity index is 1.84. The summed E-state index contributed by atoms with van der Waals surface area (Å²) in [5.74, 6) is 1.46. The molecule has 98 valence electrons. The van der Waals surface area contributed by atoms with Crippen molar-refractivity contribution in [1.82, 2.24) is 5.32 Å². The summed E-state index contributed by atoms with van der Waals surface area (Å²) in [7, 11) is 1.60. The average Bonchev–Trinajstić information content (AvgIpc) is 3.16. The van der Waals surface area contributed by atoms with Crippen molar-refractivity contribution < 1.29 is 9.53 Å². The van der Waals surface area contributed by atoms with E-state index in [2.05, 4.69) is 26.6 Å². The Bertz CT molecular complexity index is 433. The van der Waals surface area contributed by atoms with Crippen LogP contribution >= 0.6 is 15.9 Å². The summed E-state index contributed by atoms with van der Waals surface area (Å²) < 4.78 is 5.97. The van der Waals surface area contributed by atoms with E-state index >= 15 is 0 Å². The van der Waals surface area contributed by atoms with Crippen LogP contribution < -0.4 is 15.4 Å². The molecule has 0 saturated heterocycles. The van der Waals surface area contributed by atoms with Crippen LogP contribution in [0.5, 0.6) is 5.75 Å². The van der Waals surface area contributed by atoms with Crippen molar-refractivity contribution in [1.29, 1.82) is 0 Å². The van der Waals surface area contributed by atoms with E-state index in [4.69, 9.17) is 4.74 Å². The SMILES string of the molecule is COc1ccc(Br)c(NC(=O)CNCC2CC2)c1. The second-order valence-electron chi connectivity index (χ2n) is 4.47. The average molecular weight is 313 g/mol. The zero-order valence-electron chi connectivity index (χ0n) is 10.3. The minimum Gasteiger partial charge on any atom is -0.497 e. The summed E-state index contributed by atoms with van der Waals surface area (Å²) in [6.45, 7) is 1.28. The summed E-state index contributed by atoms with van der Waals surface area (Å²) in [5.41, 5.74) is 0.729. The second kappa shape index (κ2) is 6.20. The predicted octanol–water partition coefficient (Wildman–Crippen LogP) is 2.40. The third-order valence-electron chi connectivity index (χ3n) is 2.86. The maximum absolute atomic E-state index is 11.7. The number of rotatable bonds is 6. The van der Waals surface area contributed by atoms with Gasteiger partial charge in [0, 0.05) is 10.5 Å². The Labute approximate surface area is 115 Å². The van der Waals surface area contributed by atoms with E-state index in [1.165, 1.54) is 12.8 Å². The molecule has 0 unspecified atom stereocenters. The zero-order chi connectivity index (χ0) is 13.0. The largest absolute Gasteiger partial charge is 0.497 e. The van der Waals surface area contributed by atoms with E-state index in [0.29, 0.717) is 6.54 Å². The number of carbonyl (C=O) groups is 1. The van der Waals surface area contributed by atoms with Gasteiger partial charge in [-0.15, -0.1) is 0 Å². The first-order chi connectivity index (χ1) is 8.69. The smallest absolute Gasteiger partial charge is 0.238 e. The Morgan fingerprint density at radius 1 is 1.50 bits per heavy atom. The summed E-state index contributed by atoms with van der Waals surface area (Å²) >= 11 is 3.40. The Kier molecular flexibility index (Phi) is 4.60. The van der Waals surface area contributed by atoms with E-state index in [1.807, 2.05) is 12.1 Å². The number of hydrogen-bond acceptors (Lipinski definition) is 3. The van der Waals surface area contributed by atoms with Gasteiger partial charge < -0.3 is 15.4 Å². The van der Waals surface area contributed by atoms with E-state index in [9.17, 15) is 4.79 Å². The molecule has 0 radical (unpaired) electrons. The molecule has 5 heteroatoms. The van der Waals surface area contributed by atoms with Crippen molar-refractivity contribution in [2.45, 2.75) is 12.8 Å². The molecule has 1 aromatic carbocycles. The molecule has 0 atom stereocenters. The van der Waals surface area contributed by atoms with Gasteiger partial charge in [0.05, 0.1) is 19.3 Å². The lowest BCUT2D eigenvalue weighted by atomic mass is 10.3. The van der Waals surface area contributed by atoms with Gasteiger partial charge in [0.15, 0.2) is 0 Å². The lowest BCUT2D eigenvalue weighted by Crippen LogP contribution is -2.29. The number of halogens is 1. The number of amides is 1. The summed E-state index contributed by atoms with van der Waals surface area (Å²) in [5, 5.41) is 6.01. The topological polar surface area (TPSA) is 50.4 Å². The van der Waals surface area contributed by atoms with Crippen LogP contribution in [-0.2, 0) is 4.79 Å². The molecule has 2 N–H and O–H groups in total.